The molecule has 3 N–H and O–H groups in total. The summed E-state index contributed by atoms with van der Waals surface area (Å²) in [5, 5.41) is 24.8. The summed E-state index contributed by atoms with van der Waals surface area (Å²) in [7, 11) is 0. The van der Waals surface area contributed by atoms with Crippen molar-refractivity contribution in [3.05, 3.63) is 58.1 Å². The first-order chi connectivity index (χ1) is 10.9. The summed E-state index contributed by atoms with van der Waals surface area (Å²) >= 11 is 0. The van der Waals surface area contributed by atoms with Crippen molar-refractivity contribution >= 4 is 28.9 Å². The molecule has 0 heterocycles. The van der Waals surface area contributed by atoms with Gasteiger partial charge in [-0.05, 0) is 30.7 Å². The number of aromatic hydroxyl groups is 1. The van der Waals surface area contributed by atoms with Crippen LogP contribution in [-0.2, 0) is 9.59 Å². The summed E-state index contributed by atoms with van der Waals surface area (Å²) in [6, 6.07) is 9.75. The zero-order chi connectivity index (χ0) is 17.0. The molecule has 0 aliphatic rings. The third-order valence-electron chi connectivity index (χ3n) is 2.92. The Morgan fingerprint density at radius 2 is 1.78 bits per heavy atom. The van der Waals surface area contributed by atoms with E-state index in [9.17, 15) is 24.8 Å². The molecule has 0 aliphatic carbocycles. The van der Waals surface area contributed by atoms with E-state index < -0.39 is 16.7 Å². The first-order valence-electron chi connectivity index (χ1n) is 6.53. The number of carbonyl (C=O) groups is 2. The molecule has 0 fully saturated rings. The van der Waals surface area contributed by atoms with Crippen LogP contribution in [0.1, 0.15) is 5.56 Å². The molecule has 0 aromatic heterocycles. The molecule has 0 unspecified atom stereocenters. The molecule has 0 radical (unpaired) electrons. The zero-order valence-electron chi connectivity index (χ0n) is 12.1. The number of phenolic OH excluding ortho intramolecular Hbond substituents is 1. The van der Waals surface area contributed by atoms with E-state index >= 15 is 0 Å². The van der Waals surface area contributed by atoms with Gasteiger partial charge in [-0.15, -0.1) is 0 Å². The quantitative estimate of drug-likeness (QED) is 0.347. The first kappa shape index (κ1) is 16.0. The molecule has 2 rings (SSSR count). The second-order valence-electron chi connectivity index (χ2n) is 4.74. The number of rotatable bonds is 3. The molecule has 2 amide bonds. The predicted octanol–water partition coefficient (Wildman–Crippen LogP) is 2.19. The van der Waals surface area contributed by atoms with Crippen molar-refractivity contribution in [2.24, 2.45) is 0 Å². The number of benzene rings is 2. The Kier molecular flexibility index (Phi) is 4.55. The van der Waals surface area contributed by atoms with Crippen LogP contribution in [0, 0.1) is 17.0 Å². The molecule has 0 aliphatic heterocycles. The van der Waals surface area contributed by atoms with Gasteiger partial charge in [-0.25, -0.2) is 0 Å². The number of hydrogen-bond acceptors (Lipinski definition) is 5. The molecule has 2 aromatic rings. The molecule has 0 saturated heterocycles. The molecule has 23 heavy (non-hydrogen) atoms. The summed E-state index contributed by atoms with van der Waals surface area (Å²) in [5.74, 6) is -2.18. The van der Waals surface area contributed by atoms with E-state index in [1.807, 2.05) is 0 Å². The lowest BCUT2D eigenvalue weighted by molar-refractivity contribution is -0.384. The second-order valence-corrected chi connectivity index (χ2v) is 4.74. The minimum absolute atomic E-state index is 0.101. The highest BCUT2D eigenvalue weighted by atomic mass is 16.6. The molecule has 118 valence electrons. The highest BCUT2D eigenvalue weighted by Crippen LogP contribution is 2.24. The molecule has 0 saturated carbocycles. The van der Waals surface area contributed by atoms with Gasteiger partial charge in [0.2, 0.25) is 0 Å². The largest absolute Gasteiger partial charge is 0.506 e. The fraction of sp³-hybridized carbons (Fsp3) is 0.0667. The van der Waals surface area contributed by atoms with Crippen LogP contribution in [0.3, 0.4) is 0 Å². The predicted molar refractivity (Wildman–Crippen MR) is 83.2 cm³/mol. The summed E-state index contributed by atoms with van der Waals surface area (Å²) in [5.41, 5.74) is 0.800. The summed E-state index contributed by atoms with van der Waals surface area (Å²) < 4.78 is 0. The number of carbonyl (C=O) groups excluding carboxylic acids is 2. The van der Waals surface area contributed by atoms with Gasteiger partial charge in [-0.2, -0.15) is 0 Å². The van der Waals surface area contributed by atoms with Crippen molar-refractivity contribution in [1.82, 2.24) is 0 Å². The number of nitrogens with one attached hydrogen (secondary N) is 2. The second kappa shape index (κ2) is 6.56. The Hall–Kier alpha value is -3.42. The Labute approximate surface area is 130 Å². The van der Waals surface area contributed by atoms with Crippen molar-refractivity contribution in [2.45, 2.75) is 6.92 Å². The van der Waals surface area contributed by atoms with Gasteiger partial charge >= 0.3 is 11.8 Å². The smallest absolute Gasteiger partial charge is 0.314 e. The third kappa shape index (κ3) is 4.03. The molecule has 0 spiro atoms. The van der Waals surface area contributed by atoms with Crippen LogP contribution < -0.4 is 10.6 Å². The number of phenols is 1. The van der Waals surface area contributed by atoms with Gasteiger partial charge in [0, 0.05) is 17.8 Å². The standard InChI is InChI=1S/C15H13N3O5/c1-9-5-6-13(19)12(7-9)17-15(21)14(20)16-10-3-2-4-11(8-10)18(22)23/h2-8,19H,1H3,(H,16,20)(H,17,21). The average Bonchev–Trinajstić information content (AvgIpc) is 2.51. The van der Waals surface area contributed by atoms with Crippen LogP contribution in [0.25, 0.3) is 0 Å². The van der Waals surface area contributed by atoms with Gasteiger partial charge in [0.05, 0.1) is 10.6 Å². The Morgan fingerprint density at radius 3 is 2.48 bits per heavy atom. The van der Waals surface area contributed by atoms with E-state index in [0.29, 0.717) is 0 Å². The number of amides is 2. The Bertz CT molecular complexity index is 788. The molecular weight excluding hydrogens is 302 g/mol. The summed E-state index contributed by atoms with van der Waals surface area (Å²) in [6.07, 6.45) is 0. The number of anilines is 2. The summed E-state index contributed by atoms with van der Waals surface area (Å²) in [6.45, 7) is 1.76. The van der Waals surface area contributed by atoms with E-state index in [0.717, 1.165) is 11.6 Å². The minimum atomic E-state index is -1.01. The molecule has 8 nitrogen and oxygen atoms in total. The number of non-ortho nitro benzene ring substituents is 1. The van der Waals surface area contributed by atoms with Gasteiger partial charge < -0.3 is 15.7 Å². The Balaban J connectivity index is 2.08. The van der Waals surface area contributed by atoms with E-state index in [1.165, 1.54) is 30.3 Å². The number of nitro groups is 1. The fourth-order valence-corrected chi connectivity index (χ4v) is 1.81. The van der Waals surface area contributed by atoms with Crippen molar-refractivity contribution < 1.29 is 19.6 Å². The van der Waals surface area contributed by atoms with Crippen molar-refractivity contribution in [2.75, 3.05) is 10.6 Å². The van der Waals surface area contributed by atoms with Crippen LogP contribution in [-0.4, -0.2) is 21.8 Å². The molecule has 8 heteroatoms. The maximum absolute atomic E-state index is 11.8. The molecule has 0 atom stereocenters. The highest BCUT2D eigenvalue weighted by molar-refractivity contribution is 6.43. The molecular formula is C15H13N3O5. The number of aryl methyl sites for hydroxylation is 1. The van der Waals surface area contributed by atoms with Crippen LogP contribution in [0.2, 0.25) is 0 Å². The topological polar surface area (TPSA) is 122 Å². The lowest BCUT2D eigenvalue weighted by Gasteiger charge is -2.08. The average molecular weight is 315 g/mol. The highest BCUT2D eigenvalue weighted by Gasteiger charge is 2.17. The zero-order valence-corrected chi connectivity index (χ0v) is 12.1. The first-order valence-corrected chi connectivity index (χ1v) is 6.53. The minimum Gasteiger partial charge on any atom is -0.506 e. The Morgan fingerprint density at radius 1 is 1.09 bits per heavy atom. The van der Waals surface area contributed by atoms with Gasteiger partial charge in [-0.3, -0.25) is 19.7 Å². The number of nitro benzene ring substituents is 1. The lowest BCUT2D eigenvalue weighted by Crippen LogP contribution is -2.29. The number of hydrogen-bond donors (Lipinski definition) is 3. The van der Waals surface area contributed by atoms with Gasteiger partial charge in [-0.1, -0.05) is 12.1 Å². The third-order valence-corrected chi connectivity index (χ3v) is 2.92. The molecule has 2 aromatic carbocycles. The normalized spacial score (nSPS) is 9.96. The van der Waals surface area contributed by atoms with Gasteiger partial charge in [0.15, 0.2) is 0 Å². The summed E-state index contributed by atoms with van der Waals surface area (Å²) in [4.78, 5) is 33.7. The maximum atomic E-state index is 11.8. The van der Waals surface area contributed by atoms with Crippen LogP contribution in [0.15, 0.2) is 42.5 Å². The molecule has 0 bridgehead atoms. The van der Waals surface area contributed by atoms with Crippen molar-refractivity contribution in [1.29, 1.82) is 0 Å². The van der Waals surface area contributed by atoms with Crippen LogP contribution in [0.4, 0.5) is 17.1 Å². The SMILES string of the molecule is Cc1ccc(O)c(NC(=O)C(=O)Nc2cccc([N+](=O)[O-])c2)c1. The maximum Gasteiger partial charge on any atom is 0.314 e. The van der Waals surface area contributed by atoms with E-state index in [1.54, 1.807) is 13.0 Å². The van der Waals surface area contributed by atoms with Crippen LogP contribution in [0.5, 0.6) is 5.75 Å². The number of nitrogens with zero attached hydrogens (tertiary/aromatic N) is 1. The lowest BCUT2D eigenvalue weighted by atomic mass is 10.2. The van der Waals surface area contributed by atoms with E-state index in [4.69, 9.17) is 0 Å². The van der Waals surface area contributed by atoms with Crippen molar-refractivity contribution in [3.8, 4) is 5.75 Å². The fourth-order valence-electron chi connectivity index (χ4n) is 1.81. The van der Waals surface area contributed by atoms with E-state index in [-0.39, 0.29) is 22.8 Å². The van der Waals surface area contributed by atoms with Crippen molar-refractivity contribution in [3.63, 3.8) is 0 Å². The van der Waals surface area contributed by atoms with Gasteiger partial charge in [0.1, 0.15) is 5.75 Å². The van der Waals surface area contributed by atoms with Crippen LogP contribution >= 0.6 is 0 Å². The monoisotopic (exact) mass is 315 g/mol. The van der Waals surface area contributed by atoms with Gasteiger partial charge in [0.25, 0.3) is 5.69 Å². The van der Waals surface area contributed by atoms with E-state index in [2.05, 4.69) is 10.6 Å².